The van der Waals surface area contributed by atoms with E-state index in [9.17, 15) is 14.4 Å². The fourth-order valence-electron chi connectivity index (χ4n) is 4.55. The lowest BCUT2D eigenvalue weighted by molar-refractivity contribution is -0.154. The summed E-state index contributed by atoms with van der Waals surface area (Å²) in [4.78, 5) is 36.5. The van der Waals surface area contributed by atoms with Gasteiger partial charge in [0.1, 0.15) is 6.10 Å². The summed E-state index contributed by atoms with van der Waals surface area (Å²) in [6.45, 7) is 12.2. The van der Waals surface area contributed by atoms with Gasteiger partial charge in [-0.1, -0.05) is 44.2 Å². The molecular formula is C26H30O4. The Labute approximate surface area is 178 Å². The van der Waals surface area contributed by atoms with Crippen LogP contribution in [0.3, 0.4) is 0 Å². The van der Waals surface area contributed by atoms with Crippen LogP contribution in [0.1, 0.15) is 73.2 Å². The molecule has 0 saturated heterocycles. The Kier molecular flexibility index (Phi) is 6.25. The van der Waals surface area contributed by atoms with Crippen LogP contribution in [0.15, 0.2) is 54.2 Å². The Morgan fingerprint density at radius 3 is 2.53 bits per heavy atom. The first-order chi connectivity index (χ1) is 14.1. The summed E-state index contributed by atoms with van der Waals surface area (Å²) in [5, 5.41) is 0. The SMILES string of the molecule is C=C1CC[C@@H](OC(=O)/C(C)=C/C)C(C)(C)[C@H]1CCc1ccc2c(c1)C(=O)C=CC2=O. The van der Waals surface area contributed by atoms with Gasteiger partial charge in [0, 0.05) is 22.1 Å². The molecule has 1 aromatic rings. The molecular weight excluding hydrogens is 376 g/mol. The summed E-state index contributed by atoms with van der Waals surface area (Å²) in [6.07, 6.45) is 7.51. The number of esters is 1. The highest BCUT2D eigenvalue weighted by molar-refractivity contribution is 6.22. The monoisotopic (exact) mass is 406 g/mol. The van der Waals surface area contributed by atoms with E-state index in [0.717, 1.165) is 31.2 Å². The second-order valence-corrected chi connectivity index (χ2v) is 8.92. The highest BCUT2D eigenvalue weighted by Gasteiger charge is 2.44. The van der Waals surface area contributed by atoms with Gasteiger partial charge in [-0.3, -0.25) is 9.59 Å². The second kappa shape index (κ2) is 8.55. The fraction of sp³-hybridized carbons (Fsp3) is 0.423. The van der Waals surface area contributed by atoms with Gasteiger partial charge >= 0.3 is 5.97 Å². The lowest BCUT2D eigenvalue weighted by Gasteiger charge is -2.45. The molecule has 0 aromatic heterocycles. The first-order valence-corrected chi connectivity index (χ1v) is 10.6. The minimum Gasteiger partial charge on any atom is -0.458 e. The van der Waals surface area contributed by atoms with Crippen molar-refractivity contribution in [3.8, 4) is 0 Å². The van der Waals surface area contributed by atoms with Crippen molar-refractivity contribution in [2.45, 2.75) is 59.5 Å². The third-order valence-corrected chi connectivity index (χ3v) is 6.68. The molecule has 1 saturated carbocycles. The van der Waals surface area contributed by atoms with E-state index < -0.39 is 0 Å². The second-order valence-electron chi connectivity index (χ2n) is 8.92. The first kappa shape index (κ1) is 21.9. The molecule has 2 aliphatic carbocycles. The molecule has 0 bridgehead atoms. The molecule has 2 atom stereocenters. The number of hydrogen-bond donors (Lipinski definition) is 0. The van der Waals surface area contributed by atoms with Gasteiger partial charge in [-0.15, -0.1) is 0 Å². The van der Waals surface area contributed by atoms with Gasteiger partial charge in [0.25, 0.3) is 0 Å². The maximum absolute atomic E-state index is 12.3. The zero-order valence-corrected chi connectivity index (χ0v) is 18.3. The van der Waals surface area contributed by atoms with Gasteiger partial charge in [-0.05, 0) is 69.2 Å². The molecule has 1 aromatic carbocycles. The van der Waals surface area contributed by atoms with Crippen molar-refractivity contribution in [1.29, 1.82) is 0 Å². The number of carbonyl (C=O) groups excluding carboxylic acids is 3. The molecule has 4 nitrogen and oxygen atoms in total. The predicted molar refractivity (Wildman–Crippen MR) is 118 cm³/mol. The van der Waals surface area contributed by atoms with Gasteiger partial charge in [0.15, 0.2) is 11.6 Å². The fourth-order valence-corrected chi connectivity index (χ4v) is 4.55. The molecule has 4 heteroatoms. The van der Waals surface area contributed by atoms with E-state index in [1.807, 2.05) is 19.1 Å². The summed E-state index contributed by atoms with van der Waals surface area (Å²) in [6, 6.07) is 5.51. The minimum atomic E-state index is -0.257. The zero-order valence-electron chi connectivity index (χ0n) is 18.3. The Hall–Kier alpha value is -2.75. The Bertz CT molecular complexity index is 961. The van der Waals surface area contributed by atoms with E-state index in [2.05, 4.69) is 20.4 Å². The van der Waals surface area contributed by atoms with Crippen LogP contribution < -0.4 is 0 Å². The van der Waals surface area contributed by atoms with Crippen LogP contribution in [0.25, 0.3) is 0 Å². The lowest BCUT2D eigenvalue weighted by Crippen LogP contribution is -2.44. The molecule has 1 fully saturated rings. The van der Waals surface area contributed by atoms with Crippen molar-refractivity contribution in [3.63, 3.8) is 0 Å². The first-order valence-electron chi connectivity index (χ1n) is 10.6. The Morgan fingerprint density at radius 2 is 1.87 bits per heavy atom. The van der Waals surface area contributed by atoms with Crippen molar-refractivity contribution in [2.24, 2.45) is 11.3 Å². The quantitative estimate of drug-likeness (QED) is 0.372. The van der Waals surface area contributed by atoms with E-state index in [1.165, 1.54) is 17.7 Å². The molecule has 0 radical (unpaired) electrons. The lowest BCUT2D eigenvalue weighted by atomic mass is 9.63. The topological polar surface area (TPSA) is 60.4 Å². The van der Waals surface area contributed by atoms with E-state index >= 15 is 0 Å². The molecule has 0 aliphatic heterocycles. The van der Waals surface area contributed by atoms with Crippen molar-refractivity contribution in [1.82, 2.24) is 0 Å². The highest BCUT2D eigenvalue weighted by atomic mass is 16.5. The number of hydrogen-bond acceptors (Lipinski definition) is 4. The maximum atomic E-state index is 12.3. The number of allylic oxidation sites excluding steroid dienone is 4. The van der Waals surface area contributed by atoms with E-state index in [4.69, 9.17) is 4.74 Å². The predicted octanol–water partition coefficient (Wildman–Crippen LogP) is 5.42. The molecule has 158 valence electrons. The normalized spacial score (nSPS) is 23.3. The van der Waals surface area contributed by atoms with Crippen LogP contribution in [0.4, 0.5) is 0 Å². The largest absolute Gasteiger partial charge is 0.458 e. The number of carbonyl (C=O) groups is 3. The standard InChI is InChI=1S/C26H30O4/c1-6-16(2)25(29)30-24-14-7-17(3)21(26(24,4)5)11-9-18-8-10-19-20(15-18)23(28)13-12-22(19)27/h6,8,10,12-13,15,21,24H,3,7,9,11,14H2,1-2,4-5H3/b16-6+/t21-,24+/m0/s1. The average Bonchev–Trinajstić information content (AvgIpc) is 2.72. The van der Waals surface area contributed by atoms with Crippen LogP contribution in [0.5, 0.6) is 0 Å². The summed E-state index contributed by atoms with van der Waals surface area (Å²) < 4.78 is 5.85. The molecule has 0 N–H and O–H groups in total. The van der Waals surface area contributed by atoms with Gasteiger partial charge < -0.3 is 4.74 Å². The van der Waals surface area contributed by atoms with Crippen LogP contribution >= 0.6 is 0 Å². The number of aryl methyl sites for hydroxylation is 1. The molecule has 2 aliphatic rings. The van der Waals surface area contributed by atoms with Crippen LogP contribution in [-0.2, 0) is 16.0 Å². The van der Waals surface area contributed by atoms with Crippen LogP contribution in [-0.4, -0.2) is 23.6 Å². The number of rotatable bonds is 5. The van der Waals surface area contributed by atoms with Gasteiger partial charge in [-0.2, -0.15) is 0 Å². The van der Waals surface area contributed by atoms with E-state index in [0.29, 0.717) is 16.7 Å². The van der Waals surface area contributed by atoms with E-state index in [1.54, 1.807) is 19.1 Å². The summed E-state index contributed by atoms with van der Waals surface area (Å²) in [5.41, 5.74) is 3.55. The number of benzene rings is 1. The maximum Gasteiger partial charge on any atom is 0.333 e. The van der Waals surface area contributed by atoms with Gasteiger partial charge in [-0.25, -0.2) is 4.79 Å². The van der Waals surface area contributed by atoms with Gasteiger partial charge in [0.05, 0.1) is 0 Å². The Balaban J connectivity index is 1.75. The van der Waals surface area contributed by atoms with Crippen LogP contribution in [0, 0.1) is 11.3 Å². The van der Waals surface area contributed by atoms with Gasteiger partial charge in [0.2, 0.25) is 0 Å². The molecule has 0 amide bonds. The molecule has 30 heavy (non-hydrogen) atoms. The summed E-state index contributed by atoms with van der Waals surface area (Å²) >= 11 is 0. The number of ether oxygens (including phenoxy) is 1. The minimum absolute atomic E-state index is 0.125. The smallest absolute Gasteiger partial charge is 0.333 e. The van der Waals surface area contributed by atoms with Crippen molar-refractivity contribution >= 4 is 17.5 Å². The average molecular weight is 407 g/mol. The highest BCUT2D eigenvalue weighted by Crippen LogP contribution is 2.47. The third kappa shape index (κ3) is 4.23. The summed E-state index contributed by atoms with van der Waals surface area (Å²) in [7, 11) is 0. The van der Waals surface area contributed by atoms with Crippen molar-refractivity contribution in [2.75, 3.05) is 0 Å². The summed E-state index contributed by atoms with van der Waals surface area (Å²) in [5.74, 6) is -0.310. The zero-order chi connectivity index (χ0) is 22.1. The van der Waals surface area contributed by atoms with E-state index in [-0.39, 0.29) is 35.0 Å². The number of fused-ring (bicyclic) bond motifs is 1. The molecule has 0 heterocycles. The third-order valence-electron chi connectivity index (χ3n) is 6.68. The molecule has 0 spiro atoms. The van der Waals surface area contributed by atoms with Crippen molar-refractivity contribution in [3.05, 3.63) is 70.8 Å². The Morgan fingerprint density at radius 1 is 1.20 bits per heavy atom. The molecule has 0 unspecified atom stereocenters. The molecule has 3 rings (SSSR count). The van der Waals surface area contributed by atoms with Crippen molar-refractivity contribution < 1.29 is 19.1 Å². The van der Waals surface area contributed by atoms with Crippen LogP contribution in [0.2, 0.25) is 0 Å². The number of ketones is 2.